The van der Waals surface area contributed by atoms with Crippen molar-refractivity contribution in [2.45, 2.75) is 19.8 Å². The highest BCUT2D eigenvalue weighted by Gasteiger charge is 2.16. The quantitative estimate of drug-likeness (QED) is 0.709. The molecule has 84 valence electrons. The molecule has 0 aliphatic heterocycles. The number of nitrogens with one attached hydrogen (secondary N) is 1. The molecule has 1 heterocycles. The molecule has 0 saturated heterocycles. The number of nitrogens with zero attached hydrogens (tertiary/aromatic N) is 3. The van der Waals surface area contributed by atoms with Gasteiger partial charge >= 0.3 is 0 Å². The normalized spacial score (nSPS) is 10.3. The number of likely N-dealkylation sites (N-methyl/N-ethyl adjacent to an activating group) is 1. The Morgan fingerprint density at radius 3 is 2.93 bits per heavy atom. The van der Waals surface area contributed by atoms with Crippen molar-refractivity contribution < 1.29 is 9.90 Å². The van der Waals surface area contributed by atoms with Crippen LogP contribution in [0.5, 0.6) is 0 Å². The summed E-state index contributed by atoms with van der Waals surface area (Å²) in [5, 5.41) is 15.2. The minimum absolute atomic E-state index is 0.0610. The minimum atomic E-state index is -0.275. The Bertz CT molecular complexity index is 324. The molecule has 0 bridgehead atoms. The Kier molecular flexibility index (Phi) is 4.23. The highest BCUT2D eigenvalue weighted by Crippen LogP contribution is 1.99. The van der Waals surface area contributed by atoms with Crippen LogP contribution in [0.2, 0.25) is 0 Å². The van der Waals surface area contributed by atoms with E-state index in [1.54, 1.807) is 7.05 Å². The second-order valence-electron chi connectivity index (χ2n) is 3.31. The van der Waals surface area contributed by atoms with E-state index >= 15 is 0 Å². The van der Waals surface area contributed by atoms with Gasteiger partial charge < -0.3 is 10.0 Å². The Balaban J connectivity index is 2.65. The first-order valence-electron chi connectivity index (χ1n) is 4.96. The number of carbonyl (C=O) groups is 1. The molecule has 1 aromatic rings. The summed E-state index contributed by atoms with van der Waals surface area (Å²) >= 11 is 0. The van der Waals surface area contributed by atoms with Crippen molar-refractivity contribution in [1.82, 2.24) is 20.1 Å². The molecular formula is C9H16N4O2. The third kappa shape index (κ3) is 3.02. The van der Waals surface area contributed by atoms with E-state index in [0.29, 0.717) is 0 Å². The summed E-state index contributed by atoms with van der Waals surface area (Å²) in [6.45, 7) is 2.26. The first-order valence-corrected chi connectivity index (χ1v) is 4.96. The molecule has 1 amide bonds. The van der Waals surface area contributed by atoms with Crippen LogP contribution in [0.1, 0.15) is 29.8 Å². The first-order chi connectivity index (χ1) is 7.19. The topological polar surface area (TPSA) is 82.1 Å². The SMILES string of the molecule is CCCc1nc(C(=O)N(C)CCO)n[nH]1. The zero-order valence-electron chi connectivity index (χ0n) is 9.03. The van der Waals surface area contributed by atoms with Gasteiger partial charge in [-0.05, 0) is 6.42 Å². The van der Waals surface area contributed by atoms with Crippen LogP contribution in [0, 0.1) is 0 Å². The summed E-state index contributed by atoms with van der Waals surface area (Å²) in [7, 11) is 1.61. The summed E-state index contributed by atoms with van der Waals surface area (Å²) in [5.74, 6) is 0.607. The lowest BCUT2D eigenvalue weighted by Gasteiger charge is -2.12. The molecule has 0 radical (unpaired) electrons. The van der Waals surface area contributed by atoms with E-state index in [1.807, 2.05) is 6.92 Å². The lowest BCUT2D eigenvalue weighted by atomic mass is 10.3. The van der Waals surface area contributed by atoms with Gasteiger partial charge in [0.2, 0.25) is 5.82 Å². The van der Waals surface area contributed by atoms with Crippen molar-refractivity contribution in [2.75, 3.05) is 20.2 Å². The van der Waals surface area contributed by atoms with E-state index in [9.17, 15) is 4.79 Å². The number of aromatic nitrogens is 3. The predicted molar refractivity (Wildman–Crippen MR) is 54.4 cm³/mol. The second-order valence-corrected chi connectivity index (χ2v) is 3.31. The molecular weight excluding hydrogens is 196 g/mol. The number of hydrogen-bond acceptors (Lipinski definition) is 4. The number of aryl methyl sites for hydroxylation is 1. The van der Waals surface area contributed by atoms with Crippen LogP contribution in [-0.2, 0) is 6.42 Å². The highest BCUT2D eigenvalue weighted by molar-refractivity contribution is 5.90. The van der Waals surface area contributed by atoms with Crippen LogP contribution in [-0.4, -0.2) is 51.3 Å². The maximum absolute atomic E-state index is 11.6. The number of aliphatic hydroxyl groups is 1. The summed E-state index contributed by atoms with van der Waals surface area (Å²) in [6.07, 6.45) is 1.74. The standard InChI is InChI=1S/C9H16N4O2/c1-3-4-7-10-8(12-11-7)9(15)13(2)5-6-14/h14H,3-6H2,1-2H3,(H,10,11,12). The molecule has 0 aromatic carbocycles. The van der Waals surface area contributed by atoms with E-state index in [-0.39, 0.29) is 24.9 Å². The molecule has 0 aliphatic rings. The molecule has 0 spiro atoms. The van der Waals surface area contributed by atoms with Gasteiger partial charge in [-0.15, -0.1) is 5.10 Å². The van der Waals surface area contributed by atoms with Crippen LogP contribution >= 0.6 is 0 Å². The zero-order valence-corrected chi connectivity index (χ0v) is 9.03. The zero-order chi connectivity index (χ0) is 11.3. The van der Waals surface area contributed by atoms with Gasteiger partial charge in [0.1, 0.15) is 5.82 Å². The molecule has 2 N–H and O–H groups in total. The van der Waals surface area contributed by atoms with Crippen molar-refractivity contribution in [3.05, 3.63) is 11.6 Å². The molecule has 1 rings (SSSR count). The highest BCUT2D eigenvalue weighted by atomic mass is 16.3. The van der Waals surface area contributed by atoms with Gasteiger partial charge in [-0.1, -0.05) is 6.92 Å². The summed E-state index contributed by atoms with van der Waals surface area (Å²) < 4.78 is 0. The number of H-pyrrole nitrogens is 1. The molecule has 0 saturated carbocycles. The lowest BCUT2D eigenvalue weighted by molar-refractivity contribution is 0.0755. The first kappa shape index (κ1) is 11.6. The number of aromatic amines is 1. The molecule has 0 aliphatic carbocycles. The van der Waals surface area contributed by atoms with Gasteiger partial charge in [-0.3, -0.25) is 9.89 Å². The Labute approximate surface area is 88.3 Å². The number of hydrogen-bond donors (Lipinski definition) is 2. The summed E-state index contributed by atoms with van der Waals surface area (Å²) in [5.41, 5.74) is 0. The fourth-order valence-corrected chi connectivity index (χ4v) is 1.16. The van der Waals surface area contributed by atoms with Gasteiger partial charge in [-0.25, -0.2) is 4.98 Å². The molecule has 0 fully saturated rings. The van der Waals surface area contributed by atoms with Crippen LogP contribution in [0.3, 0.4) is 0 Å². The number of aliphatic hydroxyl groups excluding tert-OH is 1. The predicted octanol–water partition coefficient (Wildman–Crippen LogP) is -0.178. The van der Waals surface area contributed by atoms with Crippen molar-refractivity contribution >= 4 is 5.91 Å². The Morgan fingerprint density at radius 2 is 2.33 bits per heavy atom. The van der Waals surface area contributed by atoms with Crippen LogP contribution in [0.15, 0.2) is 0 Å². The average molecular weight is 212 g/mol. The fraction of sp³-hybridized carbons (Fsp3) is 0.667. The van der Waals surface area contributed by atoms with Crippen molar-refractivity contribution in [2.24, 2.45) is 0 Å². The minimum Gasteiger partial charge on any atom is -0.395 e. The van der Waals surface area contributed by atoms with Gasteiger partial charge in [0.25, 0.3) is 5.91 Å². The second kappa shape index (κ2) is 5.45. The van der Waals surface area contributed by atoms with Crippen molar-refractivity contribution in [3.8, 4) is 0 Å². The monoisotopic (exact) mass is 212 g/mol. The van der Waals surface area contributed by atoms with Crippen molar-refractivity contribution in [3.63, 3.8) is 0 Å². The van der Waals surface area contributed by atoms with Gasteiger partial charge in [-0.2, -0.15) is 0 Å². The Morgan fingerprint density at radius 1 is 1.60 bits per heavy atom. The van der Waals surface area contributed by atoms with E-state index < -0.39 is 0 Å². The molecule has 0 unspecified atom stereocenters. The number of amides is 1. The molecule has 6 heteroatoms. The summed E-state index contributed by atoms with van der Waals surface area (Å²) in [4.78, 5) is 17.1. The summed E-state index contributed by atoms with van der Waals surface area (Å²) in [6, 6.07) is 0. The fourth-order valence-electron chi connectivity index (χ4n) is 1.16. The van der Waals surface area contributed by atoms with Crippen LogP contribution in [0.4, 0.5) is 0 Å². The van der Waals surface area contributed by atoms with Gasteiger partial charge in [0.05, 0.1) is 6.61 Å². The molecule has 0 atom stereocenters. The smallest absolute Gasteiger partial charge is 0.293 e. The number of rotatable bonds is 5. The maximum Gasteiger partial charge on any atom is 0.293 e. The van der Waals surface area contributed by atoms with Crippen LogP contribution < -0.4 is 0 Å². The van der Waals surface area contributed by atoms with E-state index in [1.165, 1.54) is 4.90 Å². The average Bonchev–Trinajstić information content (AvgIpc) is 2.66. The van der Waals surface area contributed by atoms with Gasteiger partial charge in [0, 0.05) is 20.0 Å². The van der Waals surface area contributed by atoms with Gasteiger partial charge in [0.15, 0.2) is 0 Å². The van der Waals surface area contributed by atoms with E-state index in [4.69, 9.17) is 5.11 Å². The Hall–Kier alpha value is -1.43. The van der Waals surface area contributed by atoms with Crippen LogP contribution in [0.25, 0.3) is 0 Å². The number of carbonyl (C=O) groups excluding carboxylic acids is 1. The lowest BCUT2D eigenvalue weighted by Crippen LogP contribution is -2.30. The molecule has 1 aromatic heterocycles. The largest absolute Gasteiger partial charge is 0.395 e. The third-order valence-corrected chi connectivity index (χ3v) is 1.99. The molecule has 6 nitrogen and oxygen atoms in total. The van der Waals surface area contributed by atoms with Crippen molar-refractivity contribution in [1.29, 1.82) is 0 Å². The maximum atomic E-state index is 11.6. The van der Waals surface area contributed by atoms with E-state index in [0.717, 1.165) is 18.7 Å². The molecule has 15 heavy (non-hydrogen) atoms. The third-order valence-electron chi connectivity index (χ3n) is 1.99. The van der Waals surface area contributed by atoms with E-state index in [2.05, 4.69) is 15.2 Å².